The lowest BCUT2D eigenvalue weighted by molar-refractivity contribution is 0.669. The van der Waals surface area contributed by atoms with Gasteiger partial charge in [-0.25, -0.2) is 9.97 Å². The normalized spacial score (nSPS) is 11.6. The third-order valence-electron chi connectivity index (χ3n) is 8.40. The molecule has 3 aromatic heterocycles. The van der Waals surface area contributed by atoms with Crippen molar-refractivity contribution in [3.8, 4) is 39.6 Å². The molecule has 0 aliphatic heterocycles. The maximum atomic E-state index is 6.32. The molecule has 4 nitrogen and oxygen atoms in total. The highest BCUT2D eigenvalue weighted by molar-refractivity contribution is 6.24. The maximum absolute atomic E-state index is 6.32. The Balaban J connectivity index is 1.31. The molecule has 9 rings (SSSR count). The SMILES string of the molecule is c1ccc(-c2cc(-c3ccccc3)nc(-c3cccc(-n4c5ccccc5c5ccc6oc7ccccc7c6c54)c3)n2)cc1. The van der Waals surface area contributed by atoms with Crippen molar-refractivity contribution in [2.24, 2.45) is 0 Å². The van der Waals surface area contributed by atoms with E-state index in [2.05, 4.69) is 108 Å². The molecule has 0 fully saturated rings. The van der Waals surface area contributed by atoms with E-state index in [0.29, 0.717) is 5.82 Å². The third kappa shape index (κ3) is 3.85. The standard InChI is InChI=1S/C40H25N3O/c1-3-12-26(13-4-1)33-25-34(27-14-5-2-6-15-27)42-40(41-33)28-16-11-17-29(24-28)43-35-20-9-7-18-30(35)31-22-23-37-38(39(31)43)32-19-8-10-21-36(32)44-37/h1-25H. The average molecular weight is 564 g/mol. The minimum atomic E-state index is 0.687. The zero-order chi connectivity index (χ0) is 29.0. The van der Waals surface area contributed by atoms with E-state index in [0.717, 1.165) is 66.7 Å². The van der Waals surface area contributed by atoms with Crippen molar-refractivity contribution in [2.75, 3.05) is 0 Å². The van der Waals surface area contributed by atoms with Gasteiger partial charge in [0.15, 0.2) is 5.82 Å². The first-order valence-electron chi connectivity index (χ1n) is 14.8. The number of hydrogen-bond acceptors (Lipinski definition) is 3. The summed E-state index contributed by atoms with van der Waals surface area (Å²) in [6, 6.07) is 52.4. The summed E-state index contributed by atoms with van der Waals surface area (Å²) in [6.07, 6.45) is 0. The summed E-state index contributed by atoms with van der Waals surface area (Å²) in [5.41, 5.74) is 9.93. The fourth-order valence-corrected chi connectivity index (χ4v) is 6.41. The van der Waals surface area contributed by atoms with Gasteiger partial charge in [0, 0.05) is 38.5 Å². The Morgan fingerprint density at radius 3 is 1.84 bits per heavy atom. The number of nitrogens with zero attached hydrogens (tertiary/aromatic N) is 3. The Morgan fingerprint density at radius 1 is 0.455 bits per heavy atom. The Kier molecular flexibility index (Phi) is 5.47. The lowest BCUT2D eigenvalue weighted by atomic mass is 10.1. The first-order valence-corrected chi connectivity index (χ1v) is 14.8. The lowest BCUT2D eigenvalue weighted by Crippen LogP contribution is -1.98. The lowest BCUT2D eigenvalue weighted by Gasteiger charge is -2.12. The van der Waals surface area contributed by atoms with Crippen molar-refractivity contribution in [1.29, 1.82) is 0 Å². The highest BCUT2D eigenvalue weighted by Gasteiger charge is 2.19. The molecule has 0 atom stereocenters. The number of benzene rings is 6. The third-order valence-corrected chi connectivity index (χ3v) is 8.40. The van der Waals surface area contributed by atoms with Crippen LogP contribution in [0.1, 0.15) is 0 Å². The van der Waals surface area contributed by atoms with E-state index in [-0.39, 0.29) is 0 Å². The summed E-state index contributed by atoms with van der Waals surface area (Å²) in [4.78, 5) is 10.2. The number of para-hydroxylation sites is 2. The van der Waals surface area contributed by atoms with Crippen LogP contribution >= 0.6 is 0 Å². The molecule has 0 amide bonds. The molecule has 206 valence electrons. The summed E-state index contributed by atoms with van der Waals surface area (Å²) in [5.74, 6) is 0.687. The van der Waals surface area contributed by atoms with Gasteiger partial charge in [0.1, 0.15) is 11.2 Å². The van der Waals surface area contributed by atoms with Crippen molar-refractivity contribution in [3.05, 3.63) is 152 Å². The van der Waals surface area contributed by atoms with Crippen molar-refractivity contribution in [1.82, 2.24) is 14.5 Å². The minimum Gasteiger partial charge on any atom is -0.456 e. The van der Waals surface area contributed by atoms with Crippen LogP contribution in [0.25, 0.3) is 83.3 Å². The van der Waals surface area contributed by atoms with Crippen molar-refractivity contribution in [3.63, 3.8) is 0 Å². The molecule has 0 unspecified atom stereocenters. The van der Waals surface area contributed by atoms with Gasteiger partial charge in [0.25, 0.3) is 0 Å². The van der Waals surface area contributed by atoms with Gasteiger partial charge < -0.3 is 8.98 Å². The van der Waals surface area contributed by atoms with Crippen LogP contribution in [-0.2, 0) is 0 Å². The predicted molar refractivity (Wildman–Crippen MR) is 180 cm³/mol. The first kappa shape index (κ1) is 24.6. The molecule has 0 bridgehead atoms. The molecule has 0 spiro atoms. The molecular weight excluding hydrogens is 538 g/mol. The average Bonchev–Trinajstić information content (AvgIpc) is 3.65. The monoisotopic (exact) mass is 563 g/mol. The second kappa shape index (κ2) is 9.79. The van der Waals surface area contributed by atoms with E-state index in [4.69, 9.17) is 14.4 Å². The number of rotatable bonds is 4. The number of hydrogen-bond donors (Lipinski definition) is 0. The smallest absolute Gasteiger partial charge is 0.160 e. The van der Waals surface area contributed by atoms with Crippen molar-refractivity contribution in [2.45, 2.75) is 0 Å². The zero-order valence-corrected chi connectivity index (χ0v) is 23.7. The number of fused-ring (bicyclic) bond motifs is 7. The predicted octanol–water partition coefficient (Wildman–Crippen LogP) is 10.5. The molecule has 44 heavy (non-hydrogen) atoms. The van der Waals surface area contributed by atoms with Crippen LogP contribution in [0.4, 0.5) is 0 Å². The van der Waals surface area contributed by atoms with Gasteiger partial charge in [-0.15, -0.1) is 0 Å². The Labute approximate surface area is 253 Å². The van der Waals surface area contributed by atoms with Crippen LogP contribution in [0.2, 0.25) is 0 Å². The Bertz CT molecular complexity index is 2430. The van der Waals surface area contributed by atoms with E-state index < -0.39 is 0 Å². The Morgan fingerprint density at radius 2 is 1.09 bits per heavy atom. The van der Waals surface area contributed by atoms with E-state index in [1.165, 1.54) is 10.8 Å². The molecule has 0 saturated carbocycles. The first-order chi connectivity index (χ1) is 21.8. The zero-order valence-electron chi connectivity index (χ0n) is 23.7. The van der Waals surface area contributed by atoms with Gasteiger partial charge in [0.2, 0.25) is 0 Å². The largest absolute Gasteiger partial charge is 0.456 e. The molecule has 3 heterocycles. The number of aromatic nitrogens is 3. The highest BCUT2D eigenvalue weighted by Crippen LogP contribution is 2.41. The van der Waals surface area contributed by atoms with Crippen LogP contribution in [0.5, 0.6) is 0 Å². The van der Waals surface area contributed by atoms with E-state index in [1.54, 1.807) is 0 Å². The van der Waals surface area contributed by atoms with Crippen LogP contribution in [-0.4, -0.2) is 14.5 Å². The van der Waals surface area contributed by atoms with Crippen LogP contribution < -0.4 is 0 Å². The van der Waals surface area contributed by atoms with E-state index >= 15 is 0 Å². The molecule has 0 aliphatic rings. The van der Waals surface area contributed by atoms with E-state index in [9.17, 15) is 0 Å². The summed E-state index contributed by atoms with van der Waals surface area (Å²) in [6.45, 7) is 0. The molecule has 0 N–H and O–H groups in total. The second-order valence-corrected chi connectivity index (χ2v) is 11.0. The molecule has 0 saturated heterocycles. The highest BCUT2D eigenvalue weighted by atomic mass is 16.3. The summed E-state index contributed by atoms with van der Waals surface area (Å²) < 4.78 is 8.68. The van der Waals surface area contributed by atoms with E-state index in [1.807, 2.05) is 48.5 Å². The van der Waals surface area contributed by atoms with Crippen molar-refractivity contribution < 1.29 is 4.42 Å². The van der Waals surface area contributed by atoms with Crippen LogP contribution in [0.3, 0.4) is 0 Å². The molecule has 0 aliphatic carbocycles. The molecular formula is C40H25N3O. The summed E-state index contributed by atoms with van der Waals surface area (Å²) >= 11 is 0. The molecule has 9 aromatic rings. The van der Waals surface area contributed by atoms with Gasteiger partial charge >= 0.3 is 0 Å². The van der Waals surface area contributed by atoms with Crippen LogP contribution in [0, 0.1) is 0 Å². The van der Waals surface area contributed by atoms with Gasteiger partial charge in [-0.2, -0.15) is 0 Å². The Hall–Kier alpha value is -6.00. The van der Waals surface area contributed by atoms with Gasteiger partial charge in [-0.05, 0) is 42.5 Å². The second-order valence-electron chi connectivity index (χ2n) is 11.0. The van der Waals surface area contributed by atoms with Crippen molar-refractivity contribution >= 4 is 43.7 Å². The fourth-order valence-electron chi connectivity index (χ4n) is 6.41. The molecule has 0 radical (unpaired) electrons. The van der Waals surface area contributed by atoms with Gasteiger partial charge in [-0.3, -0.25) is 0 Å². The van der Waals surface area contributed by atoms with Gasteiger partial charge in [-0.1, -0.05) is 109 Å². The van der Waals surface area contributed by atoms with Gasteiger partial charge in [0.05, 0.1) is 27.8 Å². The van der Waals surface area contributed by atoms with Crippen LogP contribution in [0.15, 0.2) is 156 Å². The molecule has 6 aromatic carbocycles. The maximum Gasteiger partial charge on any atom is 0.160 e. The topological polar surface area (TPSA) is 43.9 Å². The quantitative estimate of drug-likeness (QED) is 0.214. The minimum absolute atomic E-state index is 0.687. The summed E-state index contributed by atoms with van der Waals surface area (Å²) in [5, 5.41) is 4.63. The summed E-state index contributed by atoms with van der Waals surface area (Å²) in [7, 11) is 0. The molecule has 4 heteroatoms. The number of furan rings is 1. The fraction of sp³-hybridized carbons (Fsp3) is 0.